The number of carbonyl (C=O) groups is 2. The highest BCUT2D eigenvalue weighted by Gasteiger charge is 2.45. The molecule has 2 aromatic carbocycles. The topological polar surface area (TPSA) is 85.6 Å². The lowest BCUT2D eigenvalue weighted by Gasteiger charge is -2.26. The summed E-state index contributed by atoms with van der Waals surface area (Å²) in [6, 6.07) is 15.2. The van der Waals surface area contributed by atoms with E-state index in [1.807, 2.05) is 18.2 Å². The highest BCUT2D eigenvalue weighted by Crippen LogP contribution is 2.31. The van der Waals surface area contributed by atoms with Crippen molar-refractivity contribution in [3.05, 3.63) is 59.7 Å². The average Bonchev–Trinajstić information content (AvgIpc) is 2.67. The van der Waals surface area contributed by atoms with Crippen molar-refractivity contribution >= 4 is 11.9 Å². The van der Waals surface area contributed by atoms with Crippen LogP contribution in [0.25, 0.3) is 0 Å². The van der Waals surface area contributed by atoms with E-state index in [1.54, 1.807) is 19.1 Å². The summed E-state index contributed by atoms with van der Waals surface area (Å²) in [6.07, 6.45) is 0. The molecule has 6 nitrogen and oxygen atoms in total. The number of hydrogen-bond donors (Lipinski definition) is 0. The molecule has 0 heterocycles. The molecule has 0 saturated heterocycles. The minimum atomic E-state index is -1.98. The smallest absolute Gasteiger partial charge is 0.370 e. The number of esters is 2. The second-order valence-corrected chi connectivity index (χ2v) is 6.46. The minimum Gasteiger partial charge on any atom is -0.462 e. The van der Waals surface area contributed by atoms with E-state index in [9.17, 15) is 14.9 Å². The Labute approximate surface area is 164 Å². The van der Waals surface area contributed by atoms with Gasteiger partial charge >= 0.3 is 17.5 Å². The Bertz CT molecular complexity index is 865. The molecule has 0 spiro atoms. The Balaban J connectivity index is 2.43. The fourth-order valence-electron chi connectivity index (χ4n) is 2.61. The number of hydrogen-bond acceptors (Lipinski definition) is 6. The summed E-state index contributed by atoms with van der Waals surface area (Å²) in [7, 11) is 0. The molecule has 0 fully saturated rings. The van der Waals surface area contributed by atoms with Gasteiger partial charge < -0.3 is 14.2 Å². The first-order chi connectivity index (χ1) is 13.3. The Morgan fingerprint density at radius 1 is 1.04 bits per heavy atom. The molecule has 0 amide bonds. The molecule has 0 aromatic heterocycles. The second kappa shape index (κ2) is 9.05. The van der Waals surface area contributed by atoms with Crippen LogP contribution in [0.5, 0.6) is 11.5 Å². The fourth-order valence-corrected chi connectivity index (χ4v) is 2.61. The molecule has 0 bridgehead atoms. The lowest BCUT2D eigenvalue weighted by Crippen LogP contribution is -2.41. The molecule has 1 atom stereocenters. The Kier molecular flexibility index (Phi) is 6.78. The molecule has 1 unspecified atom stereocenters. The van der Waals surface area contributed by atoms with Gasteiger partial charge in [0.05, 0.1) is 6.61 Å². The van der Waals surface area contributed by atoms with Crippen LogP contribution in [0.15, 0.2) is 48.5 Å². The summed E-state index contributed by atoms with van der Waals surface area (Å²) in [5.74, 6) is -0.276. The van der Waals surface area contributed by atoms with E-state index >= 15 is 0 Å². The first-order valence-corrected chi connectivity index (χ1v) is 8.98. The number of rotatable bonds is 7. The van der Waals surface area contributed by atoms with Crippen molar-refractivity contribution in [1.82, 2.24) is 0 Å². The van der Waals surface area contributed by atoms with E-state index in [0.717, 1.165) is 5.56 Å². The van der Waals surface area contributed by atoms with E-state index in [2.05, 4.69) is 13.8 Å². The highest BCUT2D eigenvalue weighted by molar-refractivity contribution is 5.85. The Hall–Kier alpha value is -3.33. The number of ether oxygens (including phenoxy) is 3. The Morgan fingerprint density at radius 2 is 1.61 bits per heavy atom. The number of carbonyl (C=O) groups excluding carboxylic acids is 2. The van der Waals surface area contributed by atoms with Crippen molar-refractivity contribution in [2.75, 3.05) is 6.61 Å². The number of nitriles is 1. The zero-order chi connectivity index (χ0) is 20.7. The summed E-state index contributed by atoms with van der Waals surface area (Å²) in [4.78, 5) is 23.8. The molecule has 0 radical (unpaired) electrons. The van der Waals surface area contributed by atoms with E-state index in [1.165, 1.54) is 31.2 Å². The minimum absolute atomic E-state index is 0.101. The second-order valence-electron chi connectivity index (χ2n) is 6.46. The van der Waals surface area contributed by atoms with E-state index in [-0.39, 0.29) is 12.2 Å². The lowest BCUT2D eigenvalue weighted by atomic mass is 9.94. The van der Waals surface area contributed by atoms with Gasteiger partial charge in [-0.25, -0.2) is 4.79 Å². The zero-order valence-corrected chi connectivity index (χ0v) is 16.4. The molecule has 28 heavy (non-hydrogen) atoms. The van der Waals surface area contributed by atoms with Gasteiger partial charge in [-0.05, 0) is 54.8 Å². The summed E-state index contributed by atoms with van der Waals surface area (Å²) >= 11 is 0. The number of nitrogens with zero attached hydrogens (tertiary/aromatic N) is 1. The van der Waals surface area contributed by atoms with Crippen molar-refractivity contribution in [2.45, 2.75) is 39.2 Å². The molecule has 0 N–H and O–H groups in total. The molecule has 146 valence electrons. The number of benzene rings is 2. The average molecular weight is 381 g/mol. The van der Waals surface area contributed by atoms with Gasteiger partial charge in [0.1, 0.15) is 17.6 Å². The predicted octanol–water partition coefficient (Wildman–Crippen LogP) is 4.10. The SMILES string of the molecule is CCOC(=O)C(C#N)(Oc1ccc(C(C)C)cc1)c1ccc(OC(C)=O)cc1. The van der Waals surface area contributed by atoms with Gasteiger partial charge in [0.25, 0.3) is 0 Å². The first kappa shape index (κ1) is 21.0. The molecule has 2 rings (SSSR count). The van der Waals surface area contributed by atoms with Crippen LogP contribution in [-0.2, 0) is 19.9 Å². The van der Waals surface area contributed by atoms with Crippen molar-refractivity contribution in [2.24, 2.45) is 0 Å². The van der Waals surface area contributed by atoms with Gasteiger partial charge in [-0.1, -0.05) is 26.0 Å². The van der Waals surface area contributed by atoms with E-state index in [4.69, 9.17) is 14.2 Å². The standard InChI is InChI=1S/C22H23NO5/c1-5-26-21(25)22(14-23,18-8-12-19(13-9-18)27-16(4)24)28-20-10-6-17(7-11-20)15(2)3/h6-13,15H,5H2,1-4H3. The summed E-state index contributed by atoms with van der Waals surface area (Å²) in [6.45, 7) is 7.18. The van der Waals surface area contributed by atoms with Crippen molar-refractivity contribution in [3.63, 3.8) is 0 Å². The first-order valence-electron chi connectivity index (χ1n) is 8.98. The molecular formula is C22H23NO5. The van der Waals surface area contributed by atoms with Crippen LogP contribution in [0, 0.1) is 11.3 Å². The third kappa shape index (κ3) is 4.68. The van der Waals surface area contributed by atoms with Gasteiger partial charge in [-0.3, -0.25) is 4.79 Å². The summed E-state index contributed by atoms with van der Waals surface area (Å²) < 4.78 is 16.0. The van der Waals surface area contributed by atoms with Crippen LogP contribution in [0.4, 0.5) is 0 Å². The summed E-state index contributed by atoms with van der Waals surface area (Å²) in [5.41, 5.74) is -0.599. The monoisotopic (exact) mass is 381 g/mol. The van der Waals surface area contributed by atoms with Crippen LogP contribution in [0.2, 0.25) is 0 Å². The van der Waals surface area contributed by atoms with Gasteiger partial charge in [0.2, 0.25) is 0 Å². The summed E-state index contributed by atoms with van der Waals surface area (Å²) in [5, 5.41) is 9.88. The van der Waals surface area contributed by atoms with Gasteiger partial charge in [0.15, 0.2) is 0 Å². The van der Waals surface area contributed by atoms with Crippen molar-refractivity contribution < 1.29 is 23.8 Å². The highest BCUT2D eigenvalue weighted by atomic mass is 16.6. The molecule has 0 aliphatic heterocycles. The van der Waals surface area contributed by atoms with Crippen LogP contribution < -0.4 is 9.47 Å². The van der Waals surface area contributed by atoms with Crippen molar-refractivity contribution in [1.29, 1.82) is 5.26 Å². The van der Waals surface area contributed by atoms with Crippen molar-refractivity contribution in [3.8, 4) is 17.6 Å². The van der Waals surface area contributed by atoms with Gasteiger partial charge in [0, 0.05) is 12.5 Å². The lowest BCUT2D eigenvalue weighted by molar-refractivity contribution is -0.157. The van der Waals surface area contributed by atoms with Crippen LogP contribution in [-0.4, -0.2) is 18.5 Å². The molecule has 0 aliphatic carbocycles. The largest absolute Gasteiger partial charge is 0.462 e. The van der Waals surface area contributed by atoms with Gasteiger partial charge in [-0.15, -0.1) is 0 Å². The third-order valence-corrected chi connectivity index (χ3v) is 4.06. The van der Waals surface area contributed by atoms with Crippen LogP contribution >= 0.6 is 0 Å². The normalized spacial score (nSPS) is 12.6. The quantitative estimate of drug-likeness (QED) is 0.530. The maximum absolute atomic E-state index is 12.7. The van der Waals surface area contributed by atoms with Crippen LogP contribution in [0.3, 0.4) is 0 Å². The van der Waals surface area contributed by atoms with Gasteiger partial charge in [-0.2, -0.15) is 5.26 Å². The zero-order valence-electron chi connectivity index (χ0n) is 16.4. The molecule has 6 heteroatoms. The van der Waals surface area contributed by atoms with E-state index in [0.29, 0.717) is 17.4 Å². The maximum atomic E-state index is 12.7. The fraction of sp³-hybridized carbons (Fsp3) is 0.318. The van der Waals surface area contributed by atoms with Crippen LogP contribution in [0.1, 0.15) is 44.7 Å². The predicted molar refractivity (Wildman–Crippen MR) is 103 cm³/mol. The maximum Gasteiger partial charge on any atom is 0.370 e. The molecule has 0 aliphatic rings. The molecular weight excluding hydrogens is 358 g/mol. The molecule has 0 saturated carbocycles. The molecule has 2 aromatic rings. The van der Waals surface area contributed by atoms with E-state index < -0.39 is 17.5 Å². The third-order valence-electron chi connectivity index (χ3n) is 4.06. The Morgan fingerprint density at radius 3 is 2.07 bits per heavy atom.